The van der Waals surface area contributed by atoms with Crippen molar-refractivity contribution in [2.75, 3.05) is 0 Å². The summed E-state index contributed by atoms with van der Waals surface area (Å²) in [5.74, 6) is 0. The Kier molecular flexibility index (Phi) is 4.19. The van der Waals surface area contributed by atoms with Gasteiger partial charge in [-0.1, -0.05) is 23.7 Å². The Hall–Kier alpha value is 0.160. The van der Waals surface area contributed by atoms with Crippen LogP contribution in [0.5, 0.6) is 0 Å². The SMILES string of the molecule is O=P(O)(O)C(S)(c1ccc(Cl)cc1)P(=O)(O)O. The normalized spacial score (nSPS) is 13.8. The Morgan fingerprint density at radius 1 is 1.00 bits per heavy atom. The molecule has 1 rings (SSSR count). The molecule has 1 aromatic rings. The van der Waals surface area contributed by atoms with Crippen LogP contribution < -0.4 is 0 Å². The van der Waals surface area contributed by atoms with E-state index in [-0.39, 0.29) is 10.6 Å². The van der Waals surface area contributed by atoms with Crippen molar-refractivity contribution >= 4 is 39.4 Å². The zero-order chi connectivity index (χ0) is 13.5. The van der Waals surface area contributed by atoms with Gasteiger partial charge in [0, 0.05) is 5.02 Å². The predicted molar refractivity (Wildman–Crippen MR) is 66.2 cm³/mol. The van der Waals surface area contributed by atoms with Crippen LogP contribution in [0.25, 0.3) is 0 Å². The zero-order valence-electron chi connectivity index (χ0n) is 8.13. The second kappa shape index (κ2) is 4.68. The molecule has 0 aliphatic heterocycles. The monoisotopic (exact) mass is 318 g/mol. The van der Waals surface area contributed by atoms with Gasteiger partial charge in [0.15, 0.2) is 0 Å². The third kappa shape index (κ3) is 2.78. The smallest absolute Gasteiger partial charge is 0.323 e. The summed E-state index contributed by atoms with van der Waals surface area (Å²) in [7, 11) is -10.4. The maximum Gasteiger partial charge on any atom is 0.358 e. The number of rotatable bonds is 3. The highest BCUT2D eigenvalue weighted by atomic mass is 35.5. The van der Waals surface area contributed by atoms with Gasteiger partial charge in [0.2, 0.25) is 4.23 Å². The summed E-state index contributed by atoms with van der Waals surface area (Å²) < 4.78 is 19.7. The molecular weight excluding hydrogens is 310 g/mol. The van der Waals surface area contributed by atoms with E-state index in [2.05, 4.69) is 12.6 Å². The van der Waals surface area contributed by atoms with Crippen molar-refractivity contribution in [3.63, 3.8) is 0 Å². The van der Waals surface area contributed by atoms with Gasteiger partial charge in [-0.2, -0.15) is 0 Å². The molecule has 0 unspecified atom stereocenters. The molecular formula is C7H9ClO6P2S. The Bertz CT molecular complexity index is 484. The number of halogens is 1. The summed E-state index contributed by atoms with van der Waals surface area (Å²) in [4.78, 5) is 36.4. The first kappa shape index (κ1) is 15.2. The molecule has 0 spiro atoms. The van der Waals surface area contributed by atoms with E-state index in [1.807, 2.05) is 0 Å². The first-order chi connectivity index (χ1) is 7.50. The van der Waals surface area contributed by atoms with Crippen molar-refractivity contribution in [1.82, 2.24) is 0 Å². The zero-order valence-corrected chi connectivity index (χ0v) is 11.6. The van der Waals surface area contributed by atoms with E-state index < -0.39 is 19.4 Å². The molecule has 96 valence electrons. The first-order valence-electron chi connectivity index (χ1n) is 4.10. The van der Waals surface area contributed by atoms with E-state index in [1.165, 1.54) is 12.1 Å². The molecule has 10 heteroatoms. The molecule has 0 saturated carbocycles. The van der Waals surface area contributed by atoms with Crippen LogP contribution in [0.15, 0.2) is 24.3 Å². The van der Waals surface area contributed by atoms with Crippen molar-refractivity contribution in [3.05, 3.63) is 34.9 Å². The number of benzene rings is 1. The molecule has 0 bridgehead atoms. The van der Waals surface area contributed by atoms with Gasteiger partial charge in [-0.3, -0.25) is 9.13 Å². The lowest BCUT2D eigenvalue weighted by atomic mass is 10.2. The molecule has 0 aliphatic carbocycles. The summed E-state index contributed by atoms with van der Waals surface area (Å²) in [6, 6.07) is 4.72. The van der Waals surface area contributed by atoms with E-state index in [9.17, 15) is 9.13 Å². The molecule has 0 amide bonds. The maximum atomic E-state index is 11.3. The average Bonchev–Trinajstić information content (AvgIpc) is 2.14. The summed E-state index contributed by atoms with van der Waals surface area (Å²) in [6.07, 6.45) is 0. The Labute approximate surface area is 107 Å². The minimum absolute atomic E-state index is 0.265. The molecule has 17 heavy (non-hydrogen) atoms. The van der Waals surface area contributed by atoms with Crippen molar-refractivity contribution in [2.45, 2.75) is 4.23 Å². The molecule has 4 N–H and O–H groups in total. The Morgan fingerprint density at radius 3 is 1.65 bits per heavy atom. The summed E-state index contributed by atoms with van der Waals surface area (Å²) >= 11 is 9.11. The van der Waals surface area contributed by atoms with Crippen LogP contribution in [0.1, 0.15) is 5.56 Å². The van der Waals surface area contributed by atoms with Gasteiger partial charge in [-0.05, 0) is 17.7 Å². The fourth-order valence-corrected chi connectivity index (χ4v) is 3.78. The molecule has 0 aliphatic rings. The van der Waals surface area contributed by atoms with Gasteiger partial charge >= 0.3 is 15.2 Å². The summed E-state index contributed by atoms with van der Waals surface area (Å²) in [6.45, 7) is 0. The molecule has 0 heterocycles. The lowest BCUT2D eigenvalue weighted by molar-refractivity contribution is 0.333. The summed E-state index contributed by atoms with van der Waals surface area (Å²) in [5.41, 5.74) is -0.299. The lowest BCUT2D eigenvalue weighted by Gasteiger charge is -2.30. The topological polar surface area (TPSA) is 115 Å². The maximum absolute atomic E-state index is 11.3. The van der Waals surface area contributed by atoms with Crippen LogP contribution in [0.4, 0.5) is 0 Å². The molecule has 0 radical (unpaired) electrons. The largest absolute Gasteiger partial charge is 0.358 e. The number of hydrogen-bond acceptors (Lipinski definition) is 3. The van der Waals surface area contributed by atoms with Crippen molar-refractivity contribution < 1.29 is 28.7 Å². The number of thiol groups is 1. The van der Waals surface area contributed by atoms with Crippen LogP contribution in [0, 0.1) is 0 Å². The molecule has 6 nitrogen and oxygen atoms in total. The Morgan fingerprint density at radius 2 is 1.35 bits per heavy atom. The first-order valence-corrected chi connectivity index (χ1v) is 8.15. The second-order valence-corrected chi connectivity index (χ2v) is 8.91. The highest BCUT2D eigenvalue weighted by molar-refractivity contribution is 8.00. The summed E-state index contributed by atoms with van der Waals surface area (Å²) in [5, 5.41) is 0.265. The minimum atomic E-state index is -5.19. The quantitative estimate of drug-likeness (QED) is 0.428. The molecule has 0 fully saturated rings. The highest BCUT2D eigenvalue weighted by Gasteiger charge is 2.59. The van der Waals surface area contributed by atoms with E-state index in [0.29, 0.717) is 0 Å². The van der Waals surface area contributed by atoms with Crippen LogP contribution in [-0.2, 0) is 13.4 Å². The second-order valence-electron chi connectivity index (χ2n) is 3.23. The van der Waals surface area contributed by atoms with E-state index in [1.54, 1.807) is 0 Å². The fraction of sp³-hybridized carbons (Fsp3) is 0.143. The average molecular weight is 319 g/mol. The van der Waals surface area contributed by atoms with Crippen LogP contribution >= 0.6 is 39.4 Å². The van der Waals surface area contributed by atoms with E-state index in [0.717, 1.165) is 12.1 Å². The molecule has 0 saturated heterocycles. The number of hydrogen-bond donors (Lipinski definition) is 5. The standard InChI is InChI=1S/C7H9ClO6P2S/c8-6-3-1-5(2-4-6)7(17,15(9,10)11)16(12,13)14/h1-4,17H,(H2,9,10,11)(H2,12,13,14). The van der Waals surface area contributed by atoms with Gasteiger partial charge in [0.1, 0.15) is 0 Å². The Balaban J connectivity index is 3.52. The third-order valence-electron chi connectivity index (χ3n) is 2.04. The van der Waals surface area contributed by atoms with Gasteiger partial charge in [0.05, 0.1) is 0 Å². The minimum Gasteiger partial charge on any atom is -0.323 e. The van der Waals surface area contributed by atoms with Crippen molar-refractivity contribution in [1.29, 1.82) is 0 Å². The van der Waals surface area contributed by atoms with Crippen LogP contribution in [0.3, 0.4) is 0 Å². The molecule has 1 aromatic carbocycles. The molecule has 0 aromatic heterocycles. The third-order valence-corrected chi connectivity index (χ3v) is 7.82. The van der Waals surface area contributed by atoms with Gasteiger partial charge in [0.25, 0.3) is 0 Å². The van der Waals surface area contributed by atoms with Crippen LogP contribution in [0.2, 0.25) is 5.02 Å². The van der Waals surface area contributed by atoms with Gasteiger partial charge in [-0.15, -0.1) is 12.6 Å². The predicted octanol–water partition coefficient (Wildman–Crippen LogP) is 1.74. The van der Waals surface area contributed by atoms with Gasteiger partial charge in [-0.25, -0.2) is 0 Å². The van der Waals surface area contributed by atoms with Gasteiger partial charge < -0.3 is 19.6 Å². The fourth-order valence-electron chi connectivity index (χ4n) is 1.18. The van der Waals surface area contributed by atoms with Crippen molar-refractivity contribution in [2.24, 2.45) is 0 Å². The molecule has 0 atom stereocenters. The van der Waals surface area contributed by atoms with Crippen LogP contribution in [-0.4, -0.2) is 19.6 Å². The van der Waals surface area contributed by atoms with E-state index >= 15 is 0 Å². The highest BCUT2D eigenvalue weighted by Crippen LogP contribution is 2.76. The van der Waals surface area contributed by atoms with E-state index in [4.69, 9.17) is 31.2 Å². The lowest BCUT2D eigenvalue weighted by Crippen LogP contribution is -2.19. The van der Waals surface area contributed by atoms with Crippen molar-refractivity contribution in [3.8, 4) is 0 Å².